The van der Waals surface area contributed by atoms with Gasteiger partial charge in [-0.2, -0.15) is 5.56 Å². The van der Waals surface area contributed by atoms with E-state index in [9.17, 15) is 9.59 Å². The second kappa shape index (κ2) is 12.6. The van der Waals surface area contributed by atoms with Gasteiger partial charge in [0.2, 0.25) is 5.91 Å². The molecule has 1 aromatic carbocycles. The van der Waals surface area contributed by atoms with Crippen LogP contribution in [0.5, 0.6) is 0 Å². The Morgan fingerprint density at radius 1 is 1.15 bits per heavy atom. The number of fused-ring (bicyclic) bond motifs is 2. The third-order valence-electron chi connectivity index (χ3n) is 7.38. The van der Waals surface area contributed by atoms with Crippen molar-refractivity contribution in [1.82, 2.24) is 30.4 Å². The van der Waals surface area contributed by atoms with Crippen LogP contribution in [0.4, 0.5) is 4.79 Å². The topological polar surface area (TPSA) is 90.5 Å². The average molecular weight is 816 g/mol. The van der Waals surface area contributed by atoms with Crippen molar-refractivity contribution in [1.29, 1.82) is 0 Å². The van der Waals surface area contributed by atoms with Crippen molar-refractivity contribution in [2.45, 2.75) is 45.3 Å². The van der Waals surface area contributed by atoms with Crippen molar-refractivity contribution in [2.75, 3.05) is 26.2 Å². The van der Waals surface area contributed by atoms with E-state index in [0.717, 1.165) is 35.2 Å². The van der Waals surface area contributed by atoms with Crippen LogP contribution in [0, 0.1) is 12.0 Å². The zero-order valence-corrected chi connectivity index (χ0v) is 30.3. The number of hydrogen-bond donors (Lipinski definition) is 2. The molecule has 0 saturated carbocycles. The molecule has 1 aliphatic heterocycles. The number of carbonyl (C=O) groups is 2. The van der Waals surface area contributed by atoms with Gasteiger partial charge < -0.3 is 15.5 Å². The Morgan fingerprint density at radius 2 is 1.98 bits per heavy atom. The standard InChI is InChI=1S/C30H34ClN6O2.Bh/c1-20(2)16-35-30(39)37-14-13-36(19-26(37)29(38)34-18-21-5-3-11-32-17-21)28-25-10-9-24(31)15-23(25)8-7-22-6-4-12-33-27(22)28;/h3,5-6,9-12,15,17,20,26,28H,7-8,13-14,16,18-19H2,1-2H3,(H,34,38)(H,35,39);/q-1;. The molecule has 3 heterocycles. The van der Waals surface area contributed by atoms with Gasteiger partial charge in [-0.1, -0.05) is 50.2 Å². The third kappa shape index (κ3) is 6.21. The summed E-state index contributed by atoms with van der Waals surface area (Å²) >= 11 is 6.39. The van der Waals surface area contributed by atoms with E-state index in [1.54, 1.807) is 23.5 Å². The van der Waals surface area contributed by atoms with Crippen LogP contribution in [0.1, 0.15) is 47.8 Å². The van der Waals surface area contributed by atoms with Crippen LogP contribution in [-0.2, 0) is 24.2 Å². The minimum atomic E-state index is -0.666. The van der Waals surface area contributed by atoms with Crippen LogP contribution in [0.25, 0.3) is 0 Å². The first-order valence-electron chi connectivity index (χ1n) is 13.5. The van der Waals surface area contributed by atoms with Gasteiger partial charge in [0.25, 0.3) is 0 Å². The van der Waals surface area contributed by atoms with Gasteiger partial charge in [0, 0.05) is 50.1 Å². The van der Waals surface area contributed by atoms with Gasteiger partial charge in [0.05, 0.1) is 6.04 Å². The van der Waals surface area contributed by atoms with Gasteiger partial charge in [-0.3, -0.25) is 19.7 Å². The molecule has 40 heavy (non-hydrogen) atoms. The maximum atomic E-state index is 13.6. The largest absolute Gasteiger partial charge is 0.350 e. The zero-order chi connectivity index (χ0) is 27.4. The Hall–Kier alpha value is -4.49. The molecule has 2 aromatic heterocycles. The van der Waals surface area contributed by atoms with E-state index in [-0.39, 0.29) is 18.0 Å². The summed E-state index contributed by atoms with van der Waals surface area (Å²) in [5.74, 6) is 0.115. The number of pyridine rings is 2. The number of piperazine rings is 1. The number of carbonyl (C=O) groups excluding carboxylic acids is 2. The molecule has 2 aliphatic rings. The maximum Gasteiger partial charge on any atom is 0.318 e. The number of rotatable bonds is 6. The van der Waals surface area contributed by atoms with E-state index in [0.29, 0.717) is 43.7 Å². The van der Waals surface area contributed by atoms with Gasteiger partial charge in [0.1, 0.15) is 6.04 Å². The number of amides is 3. The summed E-state index contributed by atoms with van der Waals surface area (Å²) in [6.45, 7) is 6.39. The SMILES string of the molecule is CC(C)CNC(=O)N1CCN(C2c3ccc(Cl)cc3CCc3c[c-]cnc32)CC1C(=O)NCc1cccnc1.[Bh]. The molecule has 0 spiro atoms. The van der Waals surface area contributed by atoms with Gasteiger partial charge in [-0.15, -0.1) is 0 Å². The Bertz CT molecular complexity index is 1320. The first kappa shape index (κ1) is 28.5. The monoisotopic (exact) mass is 815 g/mol. The molecule has 2 N–H and O–H groups in total. The fraction of sp³-hybridized carbons (Fsp3) is 0.400. The smallest absolute Gasteiger partial charge is 0.318 e. The minimum absolute atomic E-state index is 0. The van der Waals surface area contributed by atoms with Gasteiger partial charge in [-0.05, 0) is 52.9 Å². The number of benzene rings is 1. The average Bonchev–Trinajstić information content (AvgIpc) is 3.11. The zero-order valence-electron chi connectivity index (χ0n) is 23.1. The first-order valence-corrected chi connectivity index (χ1v) is 13.9. The summed E-state index contributed by atoms with van der Waals surface area (Å²) in [6, 6.07) is 13.9. The first-order chi connectivity index (χ1) is 18.9. The molecular formula is C30H34BhClN6O2-. The predicted molar refractivity (Wildman–Crippen MR) is 150 cm³/mol. The van der Waals surface area contributed by atoms with E-state index in [1.165, 1.54) is 5.56 Å². The molecule has 206 valence electrons. The number of aryl methyl sites for hydroxylation is 2. The van der Waals surface area contributed by atoms with Crippen molar-refractivity contribution < 1.29 is 9.59 Å². The van der Waals surface area contributed by atoms with E-state index >= 15 is 0 Å². The van der Waals surface area contributed by atoms with Crippen LogP contribution in [0.15, 0.2) is 55.0 Å². The molecule has 1 aliphatic carbocycles. The number of urea groups is 1. The summed E-state index contributed by atoms with van der Waals surface area (Å²) in [4.78, 5) is 39.7. The summed E-state index contributed by atoms with van der Waals surface area (Å²) in [5.41, 5.74) is 5.34. The molecule has 10 heteroatoms. The summed E-state index contributed by atoms with van der Waals surface area (Å²) in [5, 5.41) is 6.74. The summed E-state index contributed by atoms with van der Waals surface area (Å²) < 4.78 is 0. The van der Waals surface area contributed by atoms with E-state index in [1.807, 2.05) is 44.2 Å². The molecule has 5 rings (SSSR count). The Kier molecular flexibility index (Phi) is 8.97. The van der Waals surface area contributed by atoms with E-state index < -0.39 is 6.04 Å². The summed E-state index contributed by atoms with van der Waals surface area (Å²) in [7, 11) is 0. The van der Waals surface area contributed by atoms with Crippen molar-refractivity contribution in [3.05, 3.63) is 94.0 Å². The quantitative estimate of drug-likeness (QED) is 0.370. The summed E-state index contributed by atoms with van der Waals surface area (Å²) in [6.07, 6.45) is 6.84. The molecule has 8 nitrogen and oxygen atoms in total. The molecule has 3 amide bonds. The third-order valence-corrected chi connectivity index (χ3v) is 7.61. The molecular weight excluding hydrogens is 782 g/mol. The minimum Gasteiger partial charge on any atom is -0.350 e. The van der Waals surface area contributed by atoms with Gasteiger partial charge in [0.15, 0.2) is 0 Å². The van der Waals surface area contributed by atoms with Crippen molar-refractivity contribution in [3.8, 4) is 0 Å². The maximum absolute atomic E-state index is 13.6. The van der Waals surface area contributed by atoms with Crippen molar-refractivity contribution >= 4 is 23.5 Å². The normalized spacial score (nSPS) is 18.6. The van der Waals surface area contributed by atoms with E-state index in [4.69, 9.17) is 16.6 Å². The van der Waals surface area contributed by atoms with Crippen LogP contribution in [0.3, 0.4) is 0 Å². The van der Waals surface area contributed by atoms with Crippen molar-refractivity contribution in [2.24, 2.45) is 5.92 Å². The van der Waals surface area contributed by atoms with Crippen LogP contribution < -0.4 is 10.6 Å². The molecule has 3 aromatic rings. The Morgan fingerprint density at radius 3 is 2.75 bits per heavy atom. The fourth-order valence-corrected chi connectivity index (χ4v) is 5.60. The van der Waals surface area contributed by atoms with Crippen molar-refractivity contribution in [3.63, 3.8) is 0 Å². The Balaban J connectivity index is 0.00000370. The van der Waals surface area contributed by atoms with Crippen LogP contribution >= 0.6 is 11.6 Å². The van der Waals surface area contributed by atoms with E-state index in [2.05, 4.69) is 32.7 Å². The molecule has 0 bridgehead atoms. The second-order valence-electron chi connectivity index (χ2n) is 10.6. The molecule has 0 radical (unpaired) electrons. The van der Waals surface area contributed by atoms with Crippen LogP contribution in [-0.4, -0.2) is 63.9 Å². The molecule has 1 fully saturated rings. The molecule has 1 saturated heterocycles. The Labute approximate surface area is 234 Å². The van der Waals surface area contributed by atoms with Gasteiger partial charge in [-0.25, -0.2) is 16.9 Å². The molecule has 2 atom stereocenters. The number of nitrogens with zero attached hydrogens (tertiary/aromatic N) is 4. The van der Waals surface area contributed by atoms with Crippen LogP contribution in [0.2, 0.25) is 5.02 Å². The predicted octanol–water partition coefficient (Wildman–Crippen LogP) is 3.79. The number of hydrogen-bond acceptors (Lipinski definition) is 5. The number of aromatic nitrogens is 2. The second-order valence-corrected chi connectivity index (χ2v) is 11.0. The fourth-order valence-electron chi connectivity index (χ4n) is 5.40. The number of halogens is 1. The molecule has 2 unspecified atom stereocenters. The van der Waals surface area contributed by atoms with Gasteiger partial charge >= 0.3 is 6.03 Å². The number of nitrogens with one attached hydrogen (secondary N) is 2.